The molecule has 0 aliphatic carbocycles. The molecule has 0 radical (unpaired) electrons. The second-order valence-corrected chi connectivity index (χ2v) is 3.94. The third-order valence-electron chi connectivity index (χ3n) is 2.40. The Bertz CT molecular complexity index is 164. The lowest BCUT2D eigenvalue weighted by Gasteiger charge is -2.25. The van der Waals surface area contributed by atoms with Gasteiger partial charge in [-0.15, -0.1) is 0 Å². The lowest BCUT2D eigenvalue weighted by atomic mass is 9.99. The summed E-state index contributed by atoms with van der Waals surface area (Å²) in [6, 6.07) is 0. The normalized spacial score (nSPS) is 13.4. The molecule has 0 fully saturated rings. The van der Waals surface area contributed by atoms with E-state index in [-0.39, 0.29) is 5.54 Å². The first-order valence-corrected chi connectivity index (χ1v) is 4.98. The summed E-state index contributed by atoms with van der Waals surface area (Å²) >= 11 is 0. The van der Waals surface area contributed by atoms with Crippen molar-refractivity contribution in [2.24, 2.45) is 5.16 Å². The van der Waals surface area contributed by atoms with E-state index in [9.17, 15) is 0 Å². The highest BCUT2D eigenvalue weighted by molar-refractivity contribution is 5.90. The van der Waals surface area contributed by atoms with Crippen LogP contribution in [0.4, 0.5) is 0 Å². The zero-order valence-electron chi connectivity index (χ0n) is 9.22. The number of hydrogen-bond acceptors (Lipinski definition) is 3. The molecule has 3 nitrogen and oxygen atoms in total. The van der Waals surface area contributed by atoms with Crippen LogP contribution in [0.5, 0.6) is 0 Å². The maximum absolute atomic E-state index is 8.62. The zero-order chi connectivity index (χ0) is 10.3. The number of hydrogen-bond donors (Lipinski definition) is 2. The SMILES string of the molecule is CCCCCNC(C)(C)/C(C)=N/O. The van der Waals surface area contributed by atoms with Gasteiger partial charge >= 0.3 is 0 Å². The van der Waals surface area contributed by atoms with Crippen molar-refractivity contribution in [1.29, 1.82) is 0 Å². The van der Waals surface area contributed by atoms with Crippen molar-refractivity contribution in [2.45, 2.75) is 52.5 Å². The summed E-state index contributed by atoms with van der Waals surface area (Å²) in [6.07, 6.45) is 3.66. The zero-order valence-corrected chi connectivity index (χ0v) is 9.22. The Morgan fingerprint density at radius 3 is 2.46 bits per heavy atom. The van der Waals surface area contributed by atoms with E-state index in [2.05, 4.69) is 17.4 Å². The Labute approximate surface area is 81.2 Å². The molecule has 0 aromatic carbocycles. The predicted octanol–water partition coefficient (Wildman–Crippen LogP) is 2.39. The van der Waals surface area contributed by atoms with Crippen molar-refractivity contribution >= 4 is 5.71 Å². The number of nitrogens with zero attached hydrogens (tertiary/aromatic N) is 1. The second kappa shape index (κ2) is 5.97. The average Bonchev–Trinajstić information content (AvgIpc) is 2.11. The van der Waals surface area contributed by atoms with Crippen molar-refractivity contribution in [1.82, 2.24) is 5.32 Å². The molecule has 0 bridgehead atoms. The first-order chi connectivity index (χ1) is 6.04. The molecule has 0 saturated heterocycles. The molecule has 0 saturated carbocycles. The Hall–Kier alpha value is -0.570. The van der Waals surface area contributed by atoms with Crippen LogP contribution >= 0.6 is 0 Å². The molecule has 0 unspecified atom stereocenters. The second-order valence-electron chi connectivity index (χ2n) is 3.94. The molecule has 2 N–H and O–H groups in total. The highest BCUT2D eigenvalue weighted by Crippen LogP contribution is 2.05. The Morgan fingerprint density at radius 2 is 2.00 bits per heavy atom. The van der Waals surface area contributed by atoms with Crippen LogP contribution in [-0.2, 0) is 0 Å². The van der Waals surface area contributed by atoms with Crippen LogP contribution in [0.2, 0.25) is 0 Å². The van der Waals surface area contributed by atoms with Gasteiger partial charge in [0.05, 0.1) is 11.3 Å². The van der Waals surface area contributed by atoms with E-state index >= 15 is 0 Å². The Morgan fingerprint density at radius 1 is 1.38 bits per heavy atom. The van der Waals surface area contributed by atoms with Gasteiger partial charge in [0, 0.05) is 0 Å². The lowest BCUT2D eigenvalue weighted by molar-refractivity contribution is 0.310. The maximum atomic E-state index is 8.62. The lowest BCUT2D eigenvalue weighted by Crippen LogP contribution is -2.46. The monoisotopic (exact) mass is 186 g/mol. The molecule has 0 heterocycles. The minimum absolute atomic E-state index is 0.192. The largest absolute Gasteiger partial charge is 0.411 e. The number of unbranched alkanes of at least 4 members (excludes halogenated alkanes) is 2. The average molecular weight is 186 g/mol. The molecular formula is C10H22N2O. The number of oxime groups is 1. The topological polar surface area (TPSA) is 44.6 Å². The summed E-state index contributed by atoms with van der Waals surface area (Å²) in [5.41, 5.74) is 0.534. The van der Waals surface area contributed by atoms with E-state index in [1.807, 2.05) is 20.8 Å². The minimum atomic E-state index is -0.192. The minimum Gasteiger partial charge on any atom is -0.411 e. The summed E-state index contributed by atoms with van der Waals surface area (Å²) in [7, 11) is 0. The highest BCUT2D eigenvalue weighted by atomic mass is 16.4. The summed E-state index contributed by atoms with van der Waals surface area (Å²) in [4.78, 5) is 0. The first kappa shape index (κ1) is 12.4. The summed E-state index contributed by atoms with van der Waals surface area (Å²) in [5.74, 6) is 0. The first-order valence-electron chi connectivity index (χ1n) is 4.98. The number of rotatable bonds is 6. The van der Waals surface area contributed by atoms with Crippen molar-refractivity contribution in [3.8, 4) is 0 Å². The fraction of sp³-hybridized carbons (Fsp3) is 0.900. The maximum Gasteiger partial charge on any atom is 0.0734 e. The fourth-order valence-corrected chi connectivity index (χ4v) is 1.03. The van der Waals surface area contributed by atoms with Gasteiger partial charge in [0.1, 0.15) is 0 Å². The van der Waals surface area contributed by atoms with E-state index in [0.29, 0.717) is 0 Å². The summed E-state index contributed by atoms with van der Waals surface area (Å²) in [5, 5.41) is 15.2. The van der Waals surface area contributed by atoms with Gasteiger partial charge in [-0.05, 0) is 33.7 Å². The van der Waals surface area contributed by atoms with E-state index < -0.39 is 0 Å². The molecule has 0 aliphatic rings. The van der Waals surface area contributed by atoms with Crippen molar-refractivity contribution in [3.63, 3.8) is 0 Å². The molecule has 3 heteroatoms. The van der Waals surface area contributed by atoms with Gasteiger partial charge in [-0.2, -0.15) is 0 Å². The summed E-state index contributed by atoms with van der Waals surface area (Å²) < 4.78 is 0. The summed E-state index contributed by atoms with van der Waals surface area (Å²) in [6.45, 7) is 9.04. The van der Waals surface area contributed by atoms with Gasteiger partial charge in [0.2, 0.25) is 0 Å². The molecule has 0 rings (SSSR count). The van der Waals surface area contributed by atoms with Crippen LogP contribution < -0.4 is 5.32 Å². The van der Waals surface area contributed by atoms with Crippen LogP contribution in [0.25, 0.3) is 0 Å². The van der Waals surface area contributed by atoms with Crippen molar-refractivity contribution in [3.05, 3.63) is 0 Å². The van der Waals surface area contributed by atoms with E-state index in [4.69, 9.17) is 5.21 Å². The molecule has 0 aromatic heterocycles. The number of nitrogens with one attached hydrogen (secondary N) is 1. The van der Waals surface area contributed by atoms with Crippen LogP contribution in [0.15, 0.2) is 5.16 Å². The van der Waals surface area contributed by atoms with Crippen molar-refractivity contribution in [2.75, 3.05) is 6.54 Å². The molecular weight excluding hydrogens is 164 g/mol. The van der Waals surface area contributed by atoms with Crippen molar-refractivity contribution < 1.29 is 5.21 Å². The highest BCUT2D eigenvalue weighted by Gasteiger charge is 2.20. The third-order valence-corrected chi connectivity index (χ3v) is 2.40. The van der Waals surface area contributed by atoms with Crippen LogP contribution in [-0.4, -0.2) is 23.0 Å². The molecule has 0 atom stereocenters. The van der Waals surface area contributed by atoms with Crippen LogP contribution in [0, 0.1) is 0 Å². The van der Waals surface area contributed by atoms with Gasteiger partial charge in [-0.1, -0.05) is 24.9 Å². The van der Waals surface area contributed by atoms with E-state index in [1.54, 1.807) is 0 Å². The molecule has 78 valence electrons. The molecule has 13 heavy (non-hydrogen) atoms. The predicted molar refractivity (Wildman–Crippen MR) is 56.5 cm³/mol. The molecule has 0 aromatic rings. The van der Waals surface area contributed by atoms with E-state index in [1.165, 1.54) is 19.3 Å². The van der Waals surface area contributed by atoms with Gasteiger partial charge < -0.3 is 10.5 Å². The molecule has 0 aliphatic heterocycles. The quantitative estimate of drug-likeness (QED) is 0.289. The van der Waals surface area contributed by atoms with Crippen LogP contribution in [0.1, 0.15) is 47.0 Å². The molecule has 0 amide bonds. The van der Waals surface area contributed by atoms with Gasteiger partial charge in [-0.3, -0.25) is 0 Å². The molecule has 0 spiro atoms. The Balaban J connectivity index is 3.76. The fourth-order valence-electron chi connectivity index (χ4n) is 1.03. The smallest absolute Gasteiger partial charge is 0.0734 e. The van der Waals surface area contributed by atoms with E-state index in [0.717, 1.165) is 12.3 Å². The standard InChI is InChI=1S/C10H22N2O/c1-5-6-7-8-11-10(3,4)9(2)12-13/h11,13H,5-8H2,1-4H3/b12-9+. The Kier molecular flexibility index (Phi) is 5.71. The van der Waals surface area contributed by atoms with Crippen LogP contribution in [0.3, 0.4) is 0 Å². The van der Waals surface area contributed by atoms with Gasteiger partial charge in [0.25, 0.3) is 0 Å². The van der Waals surface area contributed by atoms with Gasteiger partial charge in [-0.25, -0.2) is 0 Å². The third kappa shape index (κ3) is 4.88. The van der Waals surface area contributed by atoms with Gasteiger partial charge in [0.15, 0.2) is 0 Å².